The first-order valence-corrected chi connectivity index (χ1v) is 6.50. The van der Waals surface area contributed by atoms with Gasteiger partial charge in [-0.05, 0) is 24.5 Å². The molecule has 1 aliphatic rings. The minimum absolute atomic E-state index is 0.0511. The van der Waals surface area contributed by atoms with Crippen molar-refractivity contribution in [2.24, 2.45) is 0 Å². The van der Waals surface area contributed by atoms with Gasteiger partial charge in [0.1, 0.15) is 17.9 Å². The molecule has 0 spiro atoms. The van der Waals surface area contributed by atoms with Crippen molar-refractivity contribution >= 4 is 0 Å². The summed E-state index contributed by atoms with van der Waals surface area (Å²) in [5.74, 6) is -0.0161. The predicted molar refractivity (Wildman–Crippen MR) is 71.2 cm³/mol. The summed E-state index contributed by atoms with van der Waals surface area (Å²) in [5.41, 5.74) is 1.45. The van der Waals surface area contributed by atoms with E-state index in [0.29, 0.717) is 18.0 Å². The molecular weight excluding hydrogens is 273 g/mol. The number of nitriles is 1. The van der Waals surface area contributed by atoms with Crippen molar-refractivity contribution in [1.29, 1.82) is 5.26 Å². The highest BCUT2D eigenvalue weighted by atomic mass is 19.1. The summed E-state index contributed by atoms with van der Waals surface area (Å²) in [6.07, 6.45) is 1.22. The van der Waals surface area contributed by atoms with Crippen molar-refractivity contribution in [3.63, 3.8) is 0 Å². The molecule has 0 amide bonds. The Balaban J connectivity index is 2.01. The van der Waals surface area contributed by atoms with Crippen molar-refractivity contribution in [3.8, 4) is 17.7 Å². The summed E-state index contributed by atoms with van der Waals surface area (Å²) in [6.45, 7) is 1.94. The van der Waals surface area contributed by atoms with Crippen LogP contribution in [-0.2, 0) is 0 Å². The van der Waals surface area contributed by atoms with Crippen molar-refractivity contribution in [1.82, 2.24) is 9.97 Å². The van der Waals surface area contributed by atoms with Gasteiger partial charge >= 0.3 is 0 Å². The van der Waals surface area contributed by atoms with E-state index in [4.69, 9.17) is 10.00 Å². The SMILES string of the molecule is C[C@@H]1CC(O)c2ncnc(Oc3cc(F)cc(C#N)c3)c21. The van der Waals surface area contributed by atoms with Crippen LogP contribution in [0.2, 0.25) is 0 Å². The normalized spacial score (nSPS) is 19.9. The van der Waals surface area contributed by atoms with Crippen molar-refractivity contribution in [3.05, 3.63) is 47.2 Å². The molecular formula is C15H12FN3O2. The number of aromatic nitrogens is 2. The molecule has 2 aromatic rings. The first-order valence-electron chi connectivity index (χ1n) is 6.50. The number of aliphatic hydroxyl groups is 1. The molecule has 0 radical (unpaired) electrons. The third-order valence-corrected chi connectivity index (χ3v) is 3.48. The van der Waals surface area contributed by atoms with Gasteiger partial charge in [0.15, 0.2) is 0 Å². The van der Waals surface area contributed by atoms with Gasteiger partial charge in [-0.1, -0.05) is 6.92 Å². The van der Waals surface area contributed by atoms with E-state index >= 15 is 0 Å². The van der Waals surface area contributed by atoms with E-state index in [-0.39, 0.29) is 17.2 Å². The van der Waals surface area contributed by atoms with E-state index in [2.05, 4.69) is 9.97 Å². The first kappa shape index (κ1) is 13.5. The monoisotopic (exact) mass is 285 g/mol. The van der Waals surface area contributed by atoms with Crippen LogP contribution in [0.1, 0.15) is 42.2 Å². The zero-order valence-electron chi connectivity index (χ0n) is 11.2. The van der Waals surface area contributed by atoms with E-state index < -0.39 is 11.9 Å². The van der Waals surface area contributed by atoms with Gasteiger partial charge in [-0.15, -0.1) is 0 Å². The highest BCUT2D eigenvalue weighted by Crippen LogP contribution is 2.43. The van der Waals surface area contributed by atoms with E-state index in [9.17, 15) is 9.50 Å². The summed E-state index contributed by atoms with van der Waals surface area (Å²) in [6, 6.07) is 5.62. The molecule has 0 bridgehead atoms. The number of nitrogens with zero attached hydrogens (tertiary/aromatic N) is 3. The Morgan fingerprint density at radius 1 is 1.38 bits per heavy atom. The van der Waals surface area contributed by atoms with Crippen LogP contribution in [0.25, 0.3) is 0 Å². The molecule has 1 aliphatic carbocycles. The lowest BCUT2D eigenvalue weighted by Crippen LogP contribution is -2.00. The molecule has 3 rings (SSSR count). The third kappa shape index (κ3) is 2.43. The van der Waals surface area contributed by atoms with Gasteiger partial charge in [0.25, 0.3) is 0 Å². The maximum absolute atomic E-state index is 13.4. The fourth-order valence-corrected chi connectivity index (χ4v) is 2.56. The zero-order valence-corrected chi connectivity index (χ0v) is 11.2. The van der Waals surface area contributed by atoms with Crippen molar-refractivity contribution < 1.29 is 14.2 Å². The van der Waals surface area contributed by atoms with Crippen molar-refractivity contribution in [2.75, 3.05) is 0 Å². The number of benzene rings is 1. The molecule has 2 atom stereocenters. The van der Waals surface area contributed by atoms with Crippen LogP contribution in [0.4, 0.5) is 4.39 Å². The Bertz CT molecular complexity index is 742. The Morgan fingerprint density at radius 3 is 2.95 bits per heavy atom. The number of fused-ring (bicyclic) bond motifs is 1. The van der Waals surface area contributed by atoms with Gasteiger partial charge in [0.2, 0.25) is 5.88 Å². The molecule has 0 saturated carbocycles. The predicted octanol–water partition coefficient (Wildman–Crippen LogP) is 2.82. The van der Waals surface area contributed by atoms with E-state index in [1.807, 2.05) is 13.0 Å². The lowest BCUT2D eigenvalue weighted by molar-refractivity contribution is 0.170. The summed E-state index contributed by atoms with van der Waals surface area (Å²) in [5, 5.41) is 18.8. The molecule has 21 heavy (non-hydrogen) atoms. The van der Waals surface area contributed by atoms with E-state index in [1.54, 1.807) is 0 Å². The summed E-state index contributed by atoms with van der Waals surface area (Å²) in [4.78, 5) is 8.14. The van der Waals surface area contributed by atoms with Gasteiger partial charge in [0, 0.05) is 11.6 Å². The van der Waals surface area contributed by atoms with Crippen LogP contribution >= 0.6 is 0 Å². The second kappa shape index (κ2) is 5.11. The molecule has 0 fully saturated rings. The molecule has 0 aliphatic heterocycles. The maximum atomic E-state index is 13.4. The van der Waals surface area contributed by atoms with Gasteiger partial charge < -0.3 is 9.84 Å². The van der Waals surface area contributed by atoms with Gasteiger partial charge in [-0.25, -0.2) is 14.4 Å². The number of hydrogen-bond acceptors (Lipinski definition) is 5. The highest BCUT2D eigenvalue weighted by molar-refractivity contribution is 5.43. The Hall–Kier alpha value is -2.52. The number of hydrogen-bond donors (Lipinski definition) is 1. The minimum Gasteiger partial charge on any atom is -0.438 e. The van der Waals surface area contributed by atoms with E-state index in [0.717, 1.165) is 11.6 Å². The average molecular weight is 285 g/mol. The fourth-order valence-electron chi connectivity index (χ4n) is 2.56. The Kier molecular flexibility index (Phi) is 3.28. The second-order valence-corrected chi connectivity index (χ2v) is 5.02. The molecule has 1 aromatic carbocycles. The first-order chi connectivity index (χ1) is 10.1. The fraction of sp³-hybridized carbons (Fsp3) is 0.267. The van der Waals surface area contributed by atoms with Crippen molar-refractivity contribution in [2.45, 2.75) is 25.4 Å². The van der Waals surface area contributed by atoms with Gasteiger partial charge in [-0.3, -0.25) is 0 Å². The zero-order chi connectivity index (χ0) is 15.0. The molecule has 1 N–H and O–H groups in total. The Morgan fingerprint density at radius 2 is 2.19 bits per heavy atom. The van der Waals surface area contributed by atoms with Crippen LogP contribution in [-0.4, -0.2) is 15.1 Å². The lowest BCUT2D eigenvalue weighted by Gasteiger charge is -2.11. The summed E-state index contributed by atoms with van der Waals surface area (Å²) in [7, 11) is 0. The van der Waals surface area contributed by atoms with Gasteiger partial charge in [0.05, 0.1) is 23.4 Å². The lowest BCUT2D eigenvalue weighted by atomic mass is 10.1. The minimum atomic E-state index is -0.637. The topological polar surface area (TPSA) is 79.0 Å². The van der Waals surface area contributed by atoms with Gasteiger partial charge in [-0.2, -0.15) is 5.26 Å². The van der Waals surface area contributed by atoms with Crippen LogP contribution in [0.5, 0.6) is 11.6 Å². The smallest absolute Gasteiger partial charge is 0.226 e. The average Bonchev–Trinajstić information content (AvgIpc) is 2.74. The van der Waals surface area contributed by atoms with Crippen LogP contribution in [0.15, 0.2) is 24.5 Å². The quantitative estimate of drug-likeness (QED) is 0.917. The molecule has 1 aromatic heterocycles. The third-order valence-electron chi connectivity index (χ3n) is 3.48. The highest BCUT2D eigenvalue weighted by Gasteiger charge is 2.32. The van der Waals surface area contributed by atoms with Crippen LogP contribution in [0, 0.1) is 17.1 Å². The molecule has 6 heteroatoms. The molecule has 0 saturated heterocycles. The van der Waals surface area contributed by atoms with Crippen LogP contribution in [0.3, 0.4) is 0 Å². The second-order valence-electron chi connectivity index (χ2n) is 5.02. The van der Waals surface area contributed by atoms with Crippen LogP contribution < -0.4 is 4.74 Å². The standard InChI is InChI=1S/C15H12FN3O2/c1-8-2-12(20)14-13(8)15(19-7-18-14)21-11-4-9(6-17)3-10(16)5-11/h3-5,7-8,12,20H,2H2,1H3/t8-,12?/m1/s1. The summed E-state index contributed by atoms with van der Waals surface area (Å²) < 4.78 is 19.0. The Labute approximate surface area is 120 Å². The van der Waals surface area contributed by atoms with E-state index in [1.165, 1.54) is 18.5 Å². The number of aliphatic hydroxyl groups excluding tert-OH is 1. The number of rotatable bonds is 2. The maximum Gasteiger partial charge on any atom is 0.226 e. The number of ether oxygens (including phenoxy) is 1. The number of halogens is 1. The molecule has 5 nitrogen and oxygen atoms in total. The molecule has 1 heterocycles. The molecule has 106 valence electrons. The summed E-state index contributed by atoms with van der Waals surface area (Å²) >= 11 is 0. The molecule has 1 unspecified atom stereocenters. The largest absolute Gasteiger partial charge is 0.438 e.